The number of unbranched alkanes of at least 4 members (excludes halogenated alkanes) is 2. The lowest BCUT2D eigenvalue weighted by Crippen LogP contribution is -2.28. The van der Waals surface area contributed by atoms with Crippen LogP contribution in [0.5, 0.6) is 11.5 Å². The summed E-state index contributed by atoms with van der Waals surface area (Å²) in [6.07, 6.45) is 4.90. The number of H-pyrrole nitrogens is 1. The third-order valence-electron chi connectivity index (χ3n) is 4.76. The van der Waals surface area contributed by atoms with Gasteiger partial charge in [0, 0.05) is 31.0 Å². The average Bonchev–Trinajstić information content (AvgIpc) is 3.08. The van der Waals surface area contributed by atoms with Crippen LogP contribution in [0.1, 0.15) is 32.6 Å². The van der Waals surface area contributed by atoms with Gasteiger partial charge >= 0.3 is 0 Å². The molecule has 0 spiro atoms. The minimum Gasteiger partial charge on any atom is -0.493 e. The monoisotopic (exact) mass is 386 g/mol. The van der Waals surface area contributed by atoms with E-state index in [4.69, 9.17) is 9.47 Å². The quantitative estimate of drug-likeness (QED) is 0.551. The molecule has 1 aromatic carbocycles. The van der Waals surface area contributed by atoms with Crippen LogP contribution in [0.2, 0.25) is 0 Å². The summed E-state index contributed by atoms with van der Waals surface area (Å²) in [6, 6.07) is 3.58. The van der Waals surface area contributed by atoms with E-state index in [9.17, 15) is 9.59 Å². The highest BCUT2D eigenvalue weighted by molar-refractivity contribution is 6.05. The molecule has 0 bridgehead atoms. The number of aromatic amines is 1. The molecule has 2 heterocycles. The first-order valence-electron chi connectivity index (χ1n) is 9.48. The Labute approximate surface area is 162 Å². The maximum Gasteiger partial charge on any atom is 0.277 e. The summed E-state index contributed by atoms with van der Waals surface area (Å²) >= 11 is 0. The maximum atomic E-state index is 12.8. The van der Waals surface area contributed by atoms with Gasteiger partial charge in [-0.15, -0.1) is 0 Å². The highest BCUT2D eigenvalue weighted by Gasteiger charge is 2.15. The number of aryl methyl sites for hydroxylation is 1. The van der Waals surface area contributed by atoms with E-state index in [0.29, 0.717) is 29.1 Å². The molecule has 0 saturated heterocycles. The Bertz CT molecular complexity index is 1040. The molecule has 8 heteroatoms. The van der Waals surface area contributed by atoms with Crippen molar-refractivity contribution in [3.8, 4) is 11.5 Å². The highest BCUT2D eigenvalue weighted by atomic mass is 16.5. The molecule has 0 aliphatic carbocycles. The number of amides is 1. The first-order chi connectivity index (χ1) is 13.6. The van der Waals surface area contributed by atoms with Crippen molar-refractivity contribution in [2.24, 2.45) is 0 Å². The molecule has 0 unspecified atom stereocenters. The third kappa shape index (κ3) is 3.95. The molecular formula is C20H26N4O4. The van der Waals surface area contributed by atoms with Gasteiger partial charge in [0.2, 0.25) is 5.91 Å². The van der Waals surface area contributed by atoms with Crippen molar-refractivity contribution in [2.75, 3.05) is 20.8 Å². The third-order valence-corrected chi connectivity index (χ3v) is 4.76. The molecular weight excluding hydrogens is 360 g/mol. The van der Waals surface area contributed by atoms with Gasteiger partial charge < -0.3 is 19.8 Å². The van der Waals surface area contributed by atoms with Crippen LogP contribution < -0.4 is 20.3 Å². The number of ether oxygens (including phenoxy) is 2. The Morgan fingerprint density at radius 3 is 2.68 bits per heavy atom. The van der Waals surface area contributed by atoms with Crippen molar-refractivity contribution in [3.05, 3.63) is 28.8 Å². The second kappa shape index (κ2) is 8.77. The number of nitrogens with zero attached hydrogens (tertiary/aromatic N) is 2. The van der Waals surface area contributed by atoms with E-state index in [1.807, 2.05) is 0 Å². The van der Waals surface area contributed by atoms with Crippen LogP contribution in [0.15, 0.2) is 23.3 Å². The summed E-state index contributed by atoms with van der Waals surface area (Å²) < 4.78 is 12.1. The standard InChI is InChI=1S/C20H26N4O4/c1-4-5-6-8-21-17(25)7-9-24-12-22-18-13-10-15(27-2)16(28-3)11-14(13)23-19(18)20(24)26/h10-12,23H,4-9H2,1-3H3,(H,21,25). The van der Waals surface area contributed by atoms with E-state index in [0.717, 1.165) is 30.2 Å². The summed E-state index contributed by atoms with van der Waals surface area (Å²) in [5.74, 6) is 1.08. The van der Waals surface area contributed by atoms with Gasteiger partial charge in [0.05, 0.1) is 26.1 Å². The molecule has 0 atom stereocenters. The molecule has 2 aromatic heterocycles. The van der Waals surface area contributed by atoms with Gasteiger partial charge in [-0.25, -0.2) is 4.98 Å². The predicted octanol–water partition coefficient (Wildman–Crippen LogP) is 2.59. The molecule has 0 fully saturated rings. The Kier molecular flexibility index (Phi) is 6.18. The number of fused-ring (bicyclic) bond motifs is 3. The Morgan fingerprint density at radius 2 is 1.96 bits per heavy atom. The molecule has 150 valence electrons. The smallest absolute Gasteiger partial charge is 0.277 e. The second-order valence-electron chi connectivity index (χ2n) is 6.65. The van der Waals surface area contributed by atoms with E-state index in [-0.39, 0.29) is 24.4 Å². The molecule has 0 aliphatic heterocycles. The minimum atomic E-state index is -0.210. The largest absolute Gasteiger partial charge is 0.493 e. The van der Waals surface area contributed by atoms with Crippen LogP contribution in [-0.2, 0) is 11.3 Å². The zero-order chi connectivity index (χ0) is 20.1. The highest BCUT2D eigenvalue weighted by Crippen LogP contribution is 2.34. The van der Waals surface area contributed by atoms with Crippen molar-refractivity contribution in [1.29, 1.82) is 0 Å². The topological polar surface area (TPSA) is 98.2 Å². The van der Waals surface area contributed by atoms with Crippen LogP contribution in [-0.4, -0.2) is 41.2 Å². The van der Waals surface area contributed by atoms with E-state index >= 15 is 0 Å². The van der Waals surface area contributed by atoms with Crippen LogP contribution in [0.3, 0.4) is 0 Å². The van der Waals surface area contributed by atoms with Crippen LogP contribution in [0, 0.1) is 0 Å². The lowest BCUT2D eigenvalue weighted by molar-refractivity contribution is -0.121. The predicted molar refractivity (Wildman–Crippen MR) is 108 cm³/mol. The summed E-state index contributed by atoms with van der Waals surface area (Å²) in [5.41, 5.74) is 1.50. The number of nitrogens with one attached hydrogen (secondary N) is 2. The lowest BCUT2D eigenvalue weighted by atomic mass is 10.2. The van der Waals surface area contributed by atoms with Crippen LogP contribution >= 0.6 is 0 Å². The summed E-state index contributed by atoms with van der Waals surface area (Å²) in [6.45, 7) is 3.07. The molecule has 3 aromatic rings. The van der Waals surface area contributed by atoms with E-state index < -0.39 is 0 Å². The van der Waals surface area contributed by atoms with Gasteiger partial charge in [-0.05, 0) is 12.5 Å². The van der Waals surface area contributed by atoms with Crippen molar-refractivity contribution < 1.29 is 14.3 Å². The number of benzene rings is 1. The van der Waals surface area contributed by atoms with E-state index in [1.54, 1.807) is 26.4 Å². The summed E-state index contributed by atoms with van der Waals surface area (Å²) in [4.78, 5) is 32.3. The van der Waals surface area contributed by atoms with Crippen LogP contribution in [0.4, 0.5) is 0 Å². The zero-order valence-corrected chi connectivity index (χ0v) is 16.5. The first kappa shape index (κ1) is 19.7. The number of aromatic nitrogens is 3. The van der Waals surface area contributed by atoms with Gasteiger partial charge in [-0.1, -0.05) is 19.8 Å². The average molecular weight is 386 g/mol. The van der Waals surface area contributed by atoms with Crippen molar-refractivity contribution >= 4 is 27.8 Å². The second-order valence-corrected chi connectivity index (χ2v) is 6.65. The number of carbonyl (C=O) groups is 1. The van der Waals surface area contributed by atoms with Gasteiger partial charge in [0.15, 0.2) is 11.5 Å². The number of carbonyl (C=O) groups excluding carboxylic acids is 1. The number of rotatable bonds is 9. The fourth-order valence-corrected chi connectivity index (χ4v) is 3.19. The minimum absolute atomic E-state index is 0.0609. The first-order valence-corrected chi connectivity index (χ1v) is 9.48. The van der Waals surface area contributed by atoms with E-state index in [1.165, 1.54) is 10.9 Å². The normalized spacial score (nSPS) is 11.1. The Hall–Kier alpha value is -3.03. The molecule has 1 amide bonds. The summed E-state index contributed by atoms with van der Waals surface area (Å²) in [5, 5.41) is 3.66. The van der Waals surface area contributed by atoms with Crippen molar-refractivity contribution in [3.63, 3.8) is 0 Å². The Balaban J connectivity index is 1.82. The van der Waals surface area contributed by atoms with E-state index in [2.05, 4.69) is 22.2 Å². The molecule has 0 aliphatic rings. The van der Waals surface area contributed by atoms with Crippen molar-refractivity contribution in [1.82, 2.24) is 19.9 Å². The number of hydrogen-bond acceptors (Lipinski definition) is 5. The van der Waals surface area contributed by atoms with Gasteiger partial charge in [-0.2, -0.15) is 0 Å². The van der Waals surface area contributed by atoms with Crippen molar-refractivity contribution in [2.45, 2.75) is 39.2 Å². The molecule has 28 heavy (non-hydrogen) atoms. The molecule has 8 nitrogen and oxygen atoms in total. The SMILES string of the molecule is CCCCCNC(=O)CCn1cnc2c([nH]c3cc(OC)c(OC)cc32)c1=O. The molecule has 2 N–H and O–H groups in total. The summed E-state index contributed by atoms with van der Waals surface area (Å²) in [7, 11) is 3.12. The number of hydrogen-bond donors (Lipinski definition) is 2. The maximum absolute atomic E-state index is 12.8. The van der Waals surface area contributed by atoms with Gasteiger partial charge in [0.1, 0.15) is 11.0 Å². The molecule has 0 radical (unpaired) electrons. The fourth-order valence-electron chi connectivity index (χ4n) is 3.19. The molecule has 0 saturated carbocycles. The zero-order valence-electron chi connectivity index (χ0n) is 16.5. The van der Waals surface area contributed by atoms with Gasteiger partial charge in [-0.3, -0.25) is 14.2 Å². The van der Waals surface area contributed by atoms with Crippen LogP contribution in [0.25, 0.3) is 21.9 Å². The Morgan fingerprint density at radius 1 is 1.21 bits per heavy atom. The number of methoxy groups -OCH3 is 2. The molecule has 3 rings (SSSR count). The lowest BCUT2D eigenvalue weighted by Gasteiger charge is -2.07. The fraction of sp³-hybridized carbons (Fsp3) is 0.450. The van der Waals surface area contributed by atoms with Gasteiger partial charge in [0.25, 0.3) is 5.56 Å².